The van der Waals surface area contributed by atoms with E-state index in [1.54, 1.807) is 0 Å². The first kappa shape index (κ1) is 13.9. The van der Waals surface area contributed by atoms with E-state index in [0.29, 0.717) is 0 Å². The first-order chi connectivity index (χ1) is 6.31. The van der Waals surface area contributed by atoms with Crippen LogP contribution in [-0.4, -0.2) is 24.5 Å². The van der Waals surface area contributed by atoms with Crippen LogP contribution in [0.1, 0.15) is 41.5 Å². The van der Waals surface area contributed by atoms with Crippen LogP contribution in [0.25, 0.3) is 0 Å². The van der Waals surface area contributed by atoms with E-state index in [4.69, 9.17) is 4.52 Å². The average molecular weight is 219 g/mol. The Morgan fingerprint density at radius 1 is 1.07 bits per heavy atom. The molecule has 0 aliphatic heterocycles. The van der Waals surface area contributed by atoms with E-state index in [9.17, 15) is 4.79 Å². The van der Waals surface area contributed by atoms with Crippen molar-refractivity contribution in [2.45, 2.75) is 41.5 Å². The Bertz CT molecular complexity index is 182. The summed E-state index contributed by atoms with van der Waals surface area (Å²) in [4.78, 5) is 11.8. The first-order valence-corrected chi connectivity index (χ1v) is 7.67. The standard InChI is InChI=1S/C11H24O2P/c1-7-14(8-2,9-3)13-10(12)11(4,5)6/h7-9H2,1-6H3/q+1. The van der Waals surface area contributed by atoms with Crippen molar-refractivity contribution in [3.63, 3.8) is 0 Å². The van der Waals surface area contributed by atoms with Crippen LogP contribution in [0.5, 0.6) is 0 Å². The molecule has 0 heterocycles. The third kappa shape index (κ3) is 3.57. The summed E-state index contributed by atoms with van der Waals surface area (Å²) in [5, 5.41) is 0. The monoisotopic (exact) mass is 219 g/mol. The molecule has 0 aliphatic carbocycles. The number of carbonyl (C=O) groups is 1. The topological polar surface area (TPSA) is 26.3 Å². The molecule has 0 amide bonds. The molecule has 84 valence electrons. The van der Waals surface area contributed by atoms with Gasteiger partial charge in [0, 0.05) is 0 Å². The fraction of sp³-hybridized carbons (Fsp3) is 0.909. The molecule has 0 aliphatic rings. The van der Waals surface area contributed by atoms with E-state index in [-0.39, 0.29) is 11.4 Å². The zero-order valence-corrected chi connectivity index (χ0v) is 11.3. The van der Waals surface area contributed by atoms with Gasteiger partial charge < -0.3 is 4.52 Å². The van der Waals surface area contributed by atoms with E-state index in [1.165, 1.54) is 0 Å². The van der Waals surface area contributed by atoms with Crippen LogP contribution >= 0.6 is 7.49 Å². The summed E-state index contributed by atoms with van der Waals surface area (Å²) in [7, 11) is -1.44. The molecule has 0 aromatic heterocycles. The summed E-state index contributed by atoms with van der Waals surface area (Å²) in [6.07, 6.45) is 3.01. The van der Waals surface area contributed by atoms with Crippen LogP contribution in [0.3, 0.4) is 0 Å². The Morgan fingerprint density at radius 2 is 1.43 bits per heavy atom. The zero-order valence-electron chi connectivity index (χ0n) is 10.4. The Hall–Kier alpha value is -0.100. The molecule has 0 N–H and O–H groups in total. The minimum Gasteiger partial charge on any atom is -0.313 e. The van der Waals surface area contributed by atoms with Crippen LogP contribution < -0.4 is 0 Å². The van der Waals surface area contributed by atoms with Crippen LogP contribution in [0.4, 0.5) is 0 Å². The van der Waals surface area contributed by atoms with Crippen LogP contribution in [0.2, 0.25) is 0 Å². The third-order valence-corrected chi connectivity index (χ3v) is 6.63. The van der Waals surface area contributed by atoms with E-state index in [1.807, 2.05) is 20.8 Å². The van der Waals surface area contributed by atoms with Crippen LogP contribution in [0.15, 0.2) is 0 Å². The fourth-order valence-corrected chi connectivity index (χ4v) is 3.53. The predicted molar refractivity (Wildman–Crippen MR) is 64.1 cm³/mol. The molecule has 0 fully saturated rings. The van der Waals surface area contributed by atoms with Gasteiger partial charge in [0.15, 0.2) is 7.49 Å². The van der Waals surface area contributed by atoms with Gasteiger partial charge in [-0.2, -0.15) is 0 Å². The van der Waals surface area contributed by atoms with Gasteiger partial charge in [-0.25, -0.2) is 4.79 Å². The lowest BCUT2D eigenvalue weighted by molar-refractivity contribution is -0.142. The van der Waals surface area contributed by atoms with E-state index < -0.39 is 7.49 Å². The van der Waals surface area contributed by atoms with Gasteiger partial charge in [0.2, 0.25) is 0 Å². The Morgan fingerprint density at radius 3 is 1.64 bits per heavy atom. The SMILES string of the molecule is CC[P+](CC)(CC)OC(=O)C(C)(C)C. The molecule has 0 atom stereocenters. The van der Waals surface area contributed by atoms with Crippen molar-refractivity contribution in [2.24, 2.45) is 5.41 Å². The normalized spacial score (nSPS) is 12.7. The number of hydrogen-bond donors (Lipinski definition) is 0. The van der Waals surface area contributed by atoms with Crippen LogP contribution in [0, 0.1) is 5.41 Å². The maximum absolute atomic E-state index is 11.8. The second-order valence-electron chi connectivity index (χ2n) is 4.64. The van der Waals surface area contributed by atoms with Gasteiger partial charge in [0.1, 0.15) is 0 Å². The van der Waals surface area contributed by atoms with Crippen molar-refractivity contribution >= 4 is 13.5 Å². The van der Waals surface area contributed by atoms with Crippen molar-refractivity contribution < 1.29 is 9.32 Å². The quantitative estimate of drug-likeness (QED) is 0.676. The highest BCUT2D eigenvalue weighted by Gasteiger charge is 2.40. The molecular weight excluding hydrogens is 195 g/mol. The Balaban J connectivity index is 4.54. The van der Waals surface area contributed by atoms with Gasteiger partial charge >= 0.3 is 5.97 Å². The Kier molecular flexibility index (Phi) is 5.08. The van der Waals surface area contributed by atoms with Gasteiger partial charge in [-0.15, -0.1) is 0 Å². The highest BCUT2D eigenvalue weighted by atomic mass is 31.2. The van der Waals surface area contributed by atoms with E-state index >= 15 is 0 Å². The molecule has 0 aromatic carbocycles. The smallest absolute Gasteiger partial charge is 0.313 e. The minimum atomic E-state index is -1.44. The second kappa shape index (κ2) is 5.11. The summed E-state index contributed by atoms with van der Waals surface area (Å²) < 4.78 is 5.72. The number of rotatable bonds is 4. The van der Waals surface area contributed by atoms with Crippen molar-refractivity contribution in [3.05, 3.63) is 0 Å². The molecule has 0 rings (SSSR count). The van der Waals surface area contributed by atoms with Gasteiger partial charge in [-0.1, -0.05) is 0 Å². The minimum absolute atomic E-state index is 0.0450. The predicted octanol–water partition coefficient (Wildman–Crippen LogP) is 3.57. The van der Waals surface area contributed by atoms with E-state index in [0.717, 1.165) is 18.5 Å². The summed E-state index contributed by atoms with van der Waals surface area (Å²) in [6.45, 7) is 12.1. The fourth-order valence-electron chi connectivity index (χ4n) is 1.18. The molecular formula is C11H24O2P+. The van der Waals surface area contributed by atoms with Gasteiger partial charge in [-0.3, -0.25) is 0 Å². The third-order valence-electron chi connectivity index (χ3n) is 2.62. The zero-order chi connectivity index (χ0) is 11.4. The lowest BCUT2D eigenvalue weighted by atomic mass is 9.98. The summed E-state index contributed by atoms with van der Waals surface area (Å²) in [6, 6.07) is 0. The second-order valence-corrected chi connectivity index (χ2v) is 8.83. The van der Waals surface area contributed by atoms with Crippen LogP contribution in [-0.2, 0) is 9.32 Å². The number of carbonyl (C=O) groups excluding carboxylic acids is 1. The molecule has 0 aromatic rings. The van der Waals surface area contributed by atoms with Crippen molar-refractivity contribution in [1.82, 2.24) is 0 Å². The lowest BCUT2D eigenvalue weighted by Gasteiger charge is -2.25. The molecule has 0 unspecified atom stereocenters. The van der Waals surface area contributed by atoms with Gasteiger partial charge in [-0.05, 0) is 41.5 Å². The summed E-state index contributed by atoms with van der Waals surface area (Å²) in [5.41, 5.74) is -0.370. The lowest BCUT2D eigenvalue weighted by Crippen LogP contribution is -2.25. The first-order valence-electron chi connectivity index (χ1n) is 5.41. The Labute approximate surface area is 88.8 Å². The molecule has 0 bridgehead atoms. The molecule has 3 heteroatoms. The summed E-state index contributed by atoms with van der Waals surface area (Å²) in [5.74, 6) is -0.0450. The average Bonchev–Trinajstić information content (AvgIpc) is 2.12. The molecule has 0 spiro atoms. The van der Waals surface area contributed by atoms with E-state index in [2.05, 4.69) is 20.8 Å². The number of hydrogen-bond acceptors (Lipinski definition) is 2. The largest absolute Gasteiger partial charge is 0.355 e. The van der Waals surface area contributed by atoms with Crippen molar-refractivity contribution in [3.8, 4) is 0 Å². The molecule has 14 heavy (non-hydrogen) atoms. The summed E-state index contributed by atoms with van der Waals surface area (Å²) >= 11 is 0. The van der Waals surface area contributed by atoms with Crippen molar-refractivity contribution in [2.75, 3.05) is 18.5 Å². The highest BCUT2D eigenvalue weighted by molar-refractivity contribution is 7.71. The maximum Gasteiger partial charge on any atom is 0.355 e. The van der Waals surface area contributed by atoms with Gasteiger partial charge in [0.05, 0.1) is 23.9 Å². The molecule has 0 saturated heterocycles. The molecule has 0 saturated carbocycles. The van der Waals surface area contributed by atoms with Gasteiger partial charge in [0.25, 0.3) is 0 Å². The molecule has 0 radical (unpaired) electrons. The van der Waals surface area contributed by atoms with Crippen molar-refractivity contribution in [1.29, 1.82) is 0 Å². The molecule has 2 nitrogen and oxygen atoms in total. The highest BCUT2D eigenvalue weighted by Crippen LogP contribution is 2.59. The maximum atomic E-state index is 11.8.